The highest BCUT2D eigenvalue weighted by molar-refractivity contribution is 5.69. The molecule has 0 aromatic heterocycles. The van der Waals surface area contributed by atoms with Crippen molar-refractivity contribution in [1.29, 1.82) is 0 Å². The lowest BCUT2D eigenvalue weighted by Crippen LogP contribution is -2.33. The van der Waals surface area contributed by atoms with Crippen molar-refractivity contribution in [3.05, 3.63) is 0 Å². The van der Waals surface area contributed by atoms with Gasteiger partial charge in [-0.2, -0.15) is 0 Å². The van der Waals surface area contributed by atoms with Crippen molar-refractivity contribution in [3.63, 3.8) is 0 Å². The van der Waals surface area contributed by atoms with E-state index in [1.54, 1.807) is 0 Å². The fraction of sp³-hybridized carbons (Fsp3) is 0.970. The first-order valence-electron chi connectivity index (χ1n) is 17.6. The lowest BCUT2D eigenvalue weighted by molar-refractivity contribution is -0.141. The van der Waals surface area contributed by atoms with Crippen LogP contribution in [0, 0.1) is 0 Å². The van der Waals surface area contributed by atoms with Gasteiger partial charge in [0.15, 0.2) is 0 Å². The minimum absolute atomic E-state index is 0.244. The minimum Gasteiger partial charge on any atom is -0.469 e. The number of carbonyl (C=O) groups is 1. The Balaban J connectivity index is 1.60. The Morgan fingerprint density at radius 2 is 0.653 bits per heavy atom. The van der Waals surface area contributed by atoms with Gasteiger partial charge in [-0.1, -0.05) is 0 Å². The topological polar surface area (TPSA) is 158 Å². The molecule has 1 aliphatic rings. The Morgan fingerprint density at radius 1 is 0.408 bits per heavy atom. The molecule has 0 amide bonds. The molecule has 0 radical (unpaired) electrons. The summed E-state index contributed by atoms with van der Waals surface area (Å²) >= 11 is 0. The zero-order valence-electron chi connectivity index (χ0n) is 29.9. The fourth-order valence-electron chi connectivity index (χ4n) is 4.01. The smallest absolute Gasteiger partial charge is 0.307 e. The second-order valence-electron chi connectivity index (χ2n) is 10.5. The maximum absolute atomic E-state index is 10.9. The second-order valence-corrected chi connectivity index (χ2v) is 10.5. The molecule has 0 aromatic rings. The summed E-state index contributed by atoms with van der Waals surface area (Å²) in [6, 6.07) is 0. The van der Waals surface area contributed by atoms with Gasteiger partial charge in [0.1, 0.15) is 0 Å². The molecule has 16 nitrogen and oxygen atoms in total. The van der Waals surface area contributed by atoms with E-state index in [0.29, 0.717) is 171 Å². The third kappa shape index (κ3) is 36.5. The average Bonchev–Trinajstić information content (AvgIpc) is 3.12. The lowest BCUT2D eigenvalue weighted by Gasteiger charge is -2.22. The van der Waals surface area contributed by atoms with E-state index in [4.69, 9.17) is 61.6 Å². The second kappa shape index (κ2) is 39.7. The number of rotatable bonds is 40. The molecular formula is C33H65NO15. The van der Waals surface area contributed by atoms with Crippen LogP contribution in [-0.2, 0) is 71.1 Å². The summed E-state index contributed by atoms with van der Waals surface area (Å²) in [6.45, 7) is 14.7. The van der Waals surface area contributed by atoms with Gasteiger partial charge in [0.25, 0.3) is 0 Å². The molecule has 1 heterocycles. The van der Waals surface area contributed by atoms with Crippen LogP contribution in [0.1, 0.15) is 19.3 Å². The van der Waals surface area contributed by atoms with E-state index in [1.165, 1.54) is 7.11 Å². The van der Waals surface area contributed by atoms with E-state index in [9.17, 15) is 4.79 Å². The van der Waals surface area contributed by atoms with Gasteiger partial charge in [-0.15, -0.1) is 0 Å². The van der Waals surface area contributed by atoms with Gasteiger partial charge in [-0.05, 0) is 25.9 Å². The summed E-state index contributed by atoms with van der Waals surface area (Å²) in [5, 5.41) is 3.33. The lowest BCUT2D eigenvalue weighted by atomic mass is 10.1. The highest BCUT2D eigenvalue weighted by Crippen LogP contribution is 2.06. The summed E-state index contributed by atoms with van der Waals surface area (Å²) < 4.78 is 75.8. The Labute approximate surface area is 293 Å². The van der Waals surface area contributed by atoms with Gasteiger partial charge in [-0.3, -0.25) is 4.79 Å². The number of ether oxygens (including phenoxy) is 14. The van der Waals surface area contributed by atoms with Crippen LogP contribution in [0.15, 0.2) is 0 Å². The molecule has 16 heteroatoms. The first kappa shape index (κ1) is 45.9. The molecule has 0 aliphatic carbocycles. The molecule has 0 saturated carbocycles. The summed E-state index contributed by atoms with van der Waals surface area (Å²) in [6.07, 6.45) is 2.77. The molecule has 292 valence electrons. The largest absolute Gasteiger partial charge is 0.469 e. The van der Waals surface area contributed by atoms with E-state index in [1.807, 2.05) is 0 Å². The standard InChI is InChI=1S/C33H65NO15/c1-36-33(35)4-7-37-8-9-38-10-11-39-12-13-40-14-15-41-16-17-42-18-19-43-20-21-44-22-23-45-24-25-46-26-27-47-28-29-48-30-31-49-32-2-5-34-6-3-32/h32,34H,2-31H2,1H3. The summed E-state index contributed by atoms with van der Waals surface area (Å²) in [4.78, 5) is 10.9. The van der Waals surface area contributed by atoms with Gasteiger partial charge >= 0.3 is 5.97 Å². The van der Waals surface area contributed by atoms with Crippen LogP contribution in [0.3, 0.4) is 0 Å². The van der Waals surface area contributed by atoms with Crippen LogP contribution in [-0.4, -0.2) is 197 Å². The molecule has 1 fully saturated rings. The van der Waals surface area contributed by atoms with Gasteiger partial charge in [0.05, 0.1) is 185 Å². The third-order valence-corrected chi connectivity index (χ3v) is 6.64. The number of esters is 1. The molecule has 0 aromatic carbocycles. The zero-order chi connectivity index (χ0) is 35.0. The molecule has 0 unspecified atom stereocenters. The predicted octanol–water partition coefficient (Wildman–Crippen LogP) is 0.517. The highest BCUT2D eigenvalue weighted by atomic mass is 16.6. The average molecular weight is 716 g/mol. The minimum atomic E-state index is -0.286. The monoisotopic (exact) mass is 715 g/mol. The Hall–Kier alpha value is -1.09. The van der Waals surface area contributed by atoms with Crippen LogP contribution in [0.4, 0.5) is 0 Å². The third-order valence-electron chi connectivity index (χ3n) is 6.64. The van der Waals surface area contributed by atoms with Crippen LogP contribution in [0.25, 0.3) is 0 Å². The van der Waals surface area contributed by atoms with E-state index >= 15 is 0 Å². The van der Waals surface area contributed by atoms with Gasteiger partial charge in [-0.25, -0.2) is 0 Å². The zero-order valence-corrected chi connectivity index (χ0v) is 29.9. The number of nitrogens with one attached hydrogen (secondary N) is 1. The van der Waals surface area contributed by atoms with Gasteiger partial charge < -0.3 is 71.6 Å². The predicted molar refractivity (Wildman–Crippen MR) is 178 cm³/mol. The summed E-state index contributed by atoms with van der Waals surface area (Å²) in [5.74, 6) is -0.286. The molecule has 1 saturated heterocycles. The van der Waals surface area contributed by atoms with Crippen LogP contribution in [0.2, 0.25) is 0 Å². The summed E-state index contributed by atoms with van der Waals surface area (Å²) in [7, 11) is 1.35. The molecule has 1 N–H and O–H groups in total. The van der Waals surface area contributed by atoms with E-state index in [0.717, 1.165) is 25.9 Å². The molecule has 1 rings (SSSR count). The fourth-order valence-corrected chi connectivity index (χ4v) is 4.01. The van der Waals surface area contributed by atoms with Crippen molar-refractivity contribution in [1.82, 2.24) is 5.32 Å². The van der Waals surface area contributed by atoms with Gasteiger partial charge in [0.2, 0.25) is 0 Å². The van der Waals surface area contributed by atoms with E-state index in [-0.39, 0.29) is 12.4 Å². The van der Waals surface area contributed by atoms with Gasteiger partial charge in [0, 0.05) is 0 Å². The maximum atomic E-state index is 10.9. The molecule has 1 aliphatic heterocycles. The number of hydrogen-bond acceptors (Lipinski definition) is 16. The van der Waals surface area contributed by atoms with Crippen molar-refractivity contribution < 1.29 is 71.1 Å². The quantitative estimate of drug-likeness (QED) is 0.0691. The first-order chi connectivity index (χ1) is 24.3. The Bertz CT molecular complexity index is 662. The van der Waals surface area contributed by atoms with Crippen LogP contribution < -0.4 is 5.32 Å². The van der Waals surface area contributed by atoms with Crippen molar-refractivity contribution in [2.24, 2.45) is 0 Å². The number of carbonyl (C=O) groups excluding carboxylic acids is 1. The maximum Gasteiger partial charge on any atom is 0.307 e. The number of hydrogen-bond donors (Lipinski definition) is 1. The highest BCUT2D eigenvalue weighted by Gasteiger charge is 2.12. The molecule has 0 spiro atoms. The Morgan fingerprint density at radius 3 is 0.918 bits per heavy atom. The van der Waals surface area contributed by atoms with Crippen molar-refractivity contribution in [3.8, 4) is 0 Å². The molecular weight excluding hydrogens is 650 g/mol. The molecule has 0 atom stereocenters. The van der Waals surface area contributed by atoms with E-state index < -0.39 is 0 Å². The van der Waals surface area contributed by atoms with Crippen LogP contribution >= 0.6 is 0 Å². The molecule has 49 heavy (non-hydrogen) atoms. The number of piperidine rings is 1. The Kier molecular flexibility index (Phi) is 37.2. The normalized spacial score (nSPS) is 13.7. The summed E-state index contributed by atoms with van der Waals surface area (Å²) in [5.41, 5.74) is 0. The first-order valence-corrected chi connectivity index (χ1v) is 17.6. The van der Waals surface area contributed by atoms with Crippen molar-refractivity contribution in [2.45, 2.75) is 25.4 Å². The SMILES string of the molecule is COC(=O)CCOCCOCCOCCOCCOCCOCCOCCOCCOCCOCCOCCOCCOC1CCNCC1. The van der Waals surface area contributed by atoms with Crippen molar-refractivity contribution in [2.75, 3.05) is 185 Å². The van der Waals surface area contributed by atoms with E-state index in [2.05, 4.69) is 10.1 Å². The van der Waals surface area contributed by atoms with Crippen LogP contribution in [0.5, 0.6) is 0 Å². The van der Waals surface area contributed by atoms with Crippen molar-refractivity contribution >= 4 is 5.97 Å². The number of methoxy groups -OCH3 is 1. The molecule has 0 bridgehead atoms.